The van der Waals surface area contributed by atoms with Gasteiger partial charge in [0, 0.05) is 0 Å². The lowest BCUT2D eigenvalue weighted by molar-refractivity contribution is -0.123. The van der Waals surface area contributed by atoms with Gasteiger partial charge in [0.1, 0.15) is 11.5 Å². The Morgan fingerprint density at radius 2 is 2.21 bits per heavy atom. The monoisotopic (exact) mass is 260 g/mol. The molecule has 19 heavy (non-hydrogen) atoms. The molecule has 0 saturated heterocycles. The van der Waals surface area contributed by atoms with Crippen LogP contribution in [0, 0.1) is 13.8 Å². The molecule has 0 atom stereocenters. The first-order valence-electron chi connectivity index (χ1n) is 5.89. The van der Waals surface area contributed by atoms with E-state index in [1.807, 2.05) is 43.5 Å². The maximum Gasteiger partial charge on any atom is 0.271 e. The maximum atomic E-state index is 11.2. The van der Waals surface area contributed by atoms with E-state index in [1.54, 1.807) is 6.26 Å². The third kappa shape index (κ3) is 2.95. The number of furan rings is 1. The predicted molar refractivity (Wildman–Crippen MR) is 71.4 cm³/mol. The highest BCUT2D eigenvalue weighted by Gasteiger charge is 2.14. The average molecular weight is 260 g/mol. The Labute approximate surface area is 111 Å². The normalized spacial score (nSPS) is 10.3. The first-order chi connectivity index (χ1) is 9.11. The quantitative estimate of drug-likeness (QED) is 0.500. The van der Waals surface area contributed by atoms with Crippen molar-refractivity contribution >= 4 is 5.91 Å². The molecular weight excluding hydrogens is 244 g/mol. The lowest BCUT2D eigenvalue weighted by atomic mass is 10.0. The lowest BCUT2D eigenvalue weighted by Gasteiger charge is -2.13. The summed E-state index contributed by atoms with van der Waals surface area (Å²) in [6.07, 6.45) is 1.60. The predicted octanol–water partition coefficient (Wildman–Crippen LogP) is 1.93. The number of aryl methyl sites for hydroxylation is 2. The summed E-state index contributed by atoms with van der Waals surface area (Å²) >= 11 is 0. The summed E-state index contributed by atoms with van der Waals surface area (Å²) in [6, 6.07) is 7.61. The van der Waals surface area contributed by atoms with Gasteiger partial charge in [-0.25, -0.2) is 5.84 Å². The third-order valence-corrected chi connectivity index (χ3v) is 2.71. The molecule has 5 heteroatoms. The molecule has 0 aliphatic carbocycles. The first kappa shape index (κ1) is 13.2. The minimum absolute atomic E-state index is 0.131. The summed E-state index contributed by atoms with van der Waals surface area (Å²) in [7, 11) is 0. The van der Waals surface area contributed by atoms with Crippen molar-refractivity contribution in [3.8, 4) is 17.1 Å². The third-order valence-electron chi connectivity index (χ3n) is 2.71. The molecule has 0 aliphatic heterocycles. The van der Waals surface area contributed by atoms with Crippen LogP contribution in [0.5, 0.6) is 5.75 Å². The van der Waals surface area contributed by atoms with E-state index in [0.29, 0.717) is 11.5 Å². The van der Waals surface area contributed by atoms with Crippen molar-refractivity contribution in [2.45, 2.75) is 13.8 Å². The Kier molecular flexibility index (Phi) is 3.87. The fraction of sp³-hybridized carbons (Fsp3) is 0.214. The number of hydrazine groups is 1. The summed E-state index contributed by atoms with van der Waals surface area (Å²) < 4.78 is 10.9. The number of carbonyl (C=O) groups is 1. The van der Waals surface area contributed by atoms with Gasteiger partial charge < -0.3 is 9.15 Å². The molecule has 100 valence electrons. The van der Waals surface area contributed by atoms with Gasteiger partial charge in [-0.05, 0) is 43.2 Å². The van der Waals surface area contributed by atoms with Gasteiger partial charge in [0.25, 0.3) is 5.91 Å². The number of benzene rings is 1. The van der Waals surface area contributed by atoms with Crippen LogP contribution in [-0.4, -0.2) is 12.5 Å². The number of nitrogens with one attached hydrogen (secondary N) is 1. The molecule has 1 aromatic heterocycles. The van der Waals surface area contributed by atoms with Crippen molar-refractivity contribution in [2.24, 2.45) is 5.84 Å². The van der Waals surface area contributed by atoms with Gasteiger partial charge >= 0.3 is 0 Å². The van der Waals surface area contributed by atoms with Crippen LogP contribution in [0.3, 0.4) is 0 Å². The van der Waals surface area contributed by atoms with Gasteiger partial charge in [-0.1, -0.05) is 6.07 Å². The zero-order chi connectivity index (χ0) is 13.8. The van der Waals surface area contributed by atoms with E-state index in [2.05, 4.69) is 0 Å². The van der Waals surface area contributed by atoms with E-state index < -0.39 is 0 Å². The van der Waals surface area contributed by atoms with Crippen LogP contribution in [0.1, 0.15) is 11.1 Å². The van der Waals surface area contributed by atoms with Gasteiger partial charge in [0.15, 0.2) is 6.61 Å². The fourth-order valence-corrected chi connectivity index (χ4v) is 1.94. The molecule has 2 aromatic rings. The van der Waals surface area contributed by atoms with Gasteiger partial charge in [-0.3, -0.25) is 10.2 Å². The molecule has 5 nitrogen and oxygen atoms in total. The zero-order valence-corrected chi connectivity index (χ0v) is 10.9. The molecule has 0 radical (unpaired) electrons. The number of carbonyl (C=O) groups excluding carboxylic acids is 1. The van der Waals surface area contributed by atoms with Crippen LogP contribution in [0.2, 0.25) is 0 Å². The summed E-state index contributed by atoms with van der Waals surface area (Å²) in [5.74, 6) is 5.98. The Balaban J connectivity index is 2.38. The number of hydrogen-bond donors (Lipinski definition) is 2. The van der Waals surface area contributed by atoms with E-state index in [1.165, 1.54) is 0 Å². The maximum absolute atomic E-state index is 11.2. The Morgan fingerprint density at radius 3 is 2.84 bits per heavy atom. The fourth-order valence-electron chi connectivity index (χ4n) is 1.94. The molecule has 3 N–H and O–H groups in total. The Morgan fingerprint density at radius 1 is 1.42 bits per heavy atom. The van der Waals surface area contributed by atoms with E-state index in [4.69, 9.17) is 15.0 Å². The average Bonchev–Trinajstić information content (AvgIpc) is 2.90. The van der Waals surface area contributed by atoms with Crippen molar-refractivity contribution in [2.75, 3.05) is 6.61 Å². The first-order valence-corrected chi connectivity index (χ1v) is 5.89. The molecule has 0 saturated carbocycles. The minimum atomic E-state index is -0.384. The van der Waals surface area contributed by atoms with Crippen molar-refractivity contribution < 1.29 is 13.9 Å². The van der Waals surface area contributed by atoms with Crippen molar-refractivity contribution in [3.05, 3.63) is 41.7 Å². The largest absolute Gasteiger partial charge is 0.483 e. The molecule has 1 amide bonds. The standard InChI is InChI=1S/C14H16N2O3/c1-9-6-10(2)14(19-8-13(17)16-15)11(7-9)12-4-3-5-18-12/h3-7H,8,15H2,1-2H3,(H,16,17). The number of amides is 1. The van der Waals surface area contributed by atoms with Crippen LogP contribution < -0.4 is 16.0 Å². The summed E-state index contributed by atoms with van der Waals surface area (Å²) in [6.45, 7) is 3.79. The van der Waals surface area contributed by atoms with E-state index in [-0.39, 0.29) is 12.5 Å². The van der Waals surface area contributed by atoms with Crippen LogP contribution >= 0.6 is 0 Å². The number of nitrogens with two attached hydrogens (primary N) is 1. The highest BCUT2D eigenvalue weighted by Crippen LogP contribution is 2.34. The van der Waals surface area contributed by atoms with Crippen molar-refractivity contribution in [3.63, 3.8) is 0 Å². The second-order valence-electron chi connectivity index (χ2n) is 4.29. The Bertz CT molecular complexity index is 577. The highest BCUT2D eigenvalue weighted by molar-refractivity contribution is 5.77. The molecule has 1 heterocycles. The summed E-state index contributed by atoms with van der Waals surface area (Å²) in [5.41, 5.74) is 4.90. The van der Waals surface area contributed by atoms with Crippen LogP contribution in [-0.2, 0) is 4.79 Å². The van der Waals surface area contributed by atoms with Crippen molar-refractivity contribution in [1.82, 2.24) is 5.43 Å². The lowest BCUT2D eigenvalue weighted by Crippen LogP contribution is -2.34. The van der Waals surface area contributed by atoms with Crippen LogP contribution in [0.15, 0.2) is 34.9 Å². The molecule has 0 spiro atoms. The van der Waals surface area contributed by atoms with E-state index in [9.17, 15) is 4.79 Å². The smallest absolute Gasteiger partial charge is 0.271 e. The van der Waals surface area contributed by atoms with Crippen LogP contribution in [0.25, 0.3) is 11.3 Å². The number of rotatable bonds is 4. The topological polar surface area (TPSA) is 77.5 Å². The molecule has 0 aliphatic rings. The summed E-state index contributed by atoms with van der Waals surface area (Å²) in [5, 5.41) is 0. The highest BCUT2D eigenvalue weighted by atomic mass is 16.5. The van der Waals surface area contributed by atoms with Gasteiger partial charge in [0.2, 0.25) is 0 Å². The minimum Gasteiger partial charge on any atom is -0.483 e. The van der Waals surface area contributed by atoms with Gasteiger partial charge in [-0.15, -0.1) is 0 Å². The van der Waals surface area contributed by atoms with Crippen molar-refractivity contribution in [1.29, 1.82) is 0 Å². The summed E-state index contributed by atoms with van der Waals surface area (Å²) in [4.78, 5) is 11.2. The second-order valence-corrected chi connectivity index (χ2v) is 4.29. The molecular formula is C14H16N2O3. The second kappa shape index (κ2) is 5.58. The Hall–Kier alpha value is -2.27. The molecule has 1 aromatic carbocycles. The molecule has 0 unspecified atom stereocenters. The molecule has 0 bridgehead atoms. The number of hydrogen-bond acceptors (Lipinski definition) is 4. The van der Waals surface area contributed by atoms with E-state index >= 15 is 0 Å². The zero-order valence-electron chi connectivity index (χ0n) is 10.9. The molecule has 2 rings (SSSR count). The number of ether oxygens (including phenoxy) is 1. The molecule has 0 fully saturated rings. The van der Waals surface area contributed by atoms with Gasteiger partial charge in [-0.2, -0.15) is 0 Å². The van der Waals surface area contributed by atoms with E-state index in [0.717, 1.165) is 16.7 Å². The SMILES string of the molecule is Cc1cc(C)c(OCC(=O)NN)c(-c2ccco2)c1. The van der Waals surface area contributed by atoms with Gasteiger partial charge in [0.05, 0.1) is 11.8 Å². The van der Waals surface area contributed by atoms with Crippen LogP contribution in [0.4, 0.5) is 0 Å².